The zero-order valence-corrected chi connectivity index (χ0v) is 16.6. The molecule has 0 fully saturated rings. The van der Waals surface area contributed by atoms with Gasteiger partial charge in [-0.3, -0.25) is 19.8 Å². The van der Waals surface area contributed by atoms with Gasteiger partial charge in [-0.05, 0) is 31.2 Å². The number of pyridine rings is 2. The number of aromatic nitrogens is 2. The van der Waals surface area contributed by atoms with E-state index in [0.29, 0.717) is 24.4 Å². The van der Waals surface area contributed by atoms with Crippen LogP contribution in [0.1, 0.15) is 29.3 Å². The SMILES string of the molecule is CC1=NCc2ncc(-c3cc(F)c(CC(=O)Nc4cncc(C(F)(F)F)c4)cc3F)cc21. The van der Waals surface area contributed by atoms with Crippen molar-refractivity contribution in [3.8, 4) is 11.1 Å². The highest BCUT2D eigenvalue weighted by Gasteiger charge is 2.31. The van der Waals surface area contributed by atoms with E-state index in [4.69, 9.17) is 0 Å². The molecule has 32 heavy (non-hydrogen) atoms. The fourth-order valence-corrected chi connectivity index (χ4v) is 3.34. The maximum absolute atomic E-state index is 14.7. The molecule has 0 saturated heterocycles. The van der Waals surface area contributed by atoms with E-state index >= 15 is 0 Å². The summed E-state index contributed by atoms with van der Waals surface area (Å²) in [6.45, 7) is 2.24. The second-order valence-electron chi connectivity index (χ2n) is 7.23. The number of rotatable bonds is 4. The Morgan fingerprint density at radius 2 is 1.81 bits per heavy atom. The molecular formula is C22H15F5N4O. The van der Waals surface area contributed by atoms with Crippen LogP contribution in [0, 0.1) is 11.6 Å². The van der Waals surface area contributed by atoms with Gasteiger partial charge >= 0.3 is 6.18 Å². The number of hydrogen-bond acceptors (Lipinski definition) is 4. The number of benzene rings is 1. The smallest absolute Gasteiger partial charge is 0.324 e. The fraction of sp³-hybridized carbons (Fsp3) is 0.182. The Balaban J connectivity index is 1.54. The molecule has 1 aromatic carbocycles. The lowest BCUT2D eigenvalue weighted by molar-refractivity contribution is -0.137. The molecular weight excluding hydrogens is 431 g/mol. The molecule has 1 amide bonds. The van der Waals surface area contributed by atoms with Crippen LogP contribution in [-0.2, 0) is 23.9 Å². The Hall–Kier alpha value is -3.69. The van der Waals surface area contributed by atoms with Gasteiger partial charge in [-0.25, -0.2) is 8.78 Å². The number of hydrogen-bond donors (Lipinski definition) is 1. The minimum Gasteiger partial charge on any atom is -0.324 e. The molecule has 164 valence electrons. The van der Waals surface area contributed by atoms with Crippen LogP contribution in [0.3, 0.4) is 0 Å². The van der Waals surface area contributed by atoms with E-state index in [2.05, 4.69) is 20.3 Å². The van der Waals surface area contributed by atoms with E-state index in [1.165, 1.54) is 6.20 Å². The Bertz CT molecular complexity index is 1250. The minimum absolute atomic E-state index is 0.0243. The standard InChI is InChI=1S/C22H15F5N4O/c1-11-16-2-13(7-30-20(16)10-29-11)17-6-18(23)12(3-19(17)24)4-21(32)31-15-5-14(8-28-9-15)22(25,26)27/h2-3,5-9H,4,10H2,1H3,(H,31,32). The Morgan fingerprint density at radius 3 is 2.56 bits per heavy atom. The number of carbonyl (C=O) groups is 1. The first-order chi connectivity index (χ1) is 15.1. The molecule has 1 N–H and O–H groups in total. The number of halogens is 5. The van der Waals surface area contributed by atoms with Crippen LogP contribution in [0.2, 0.25) is 0 Å². The summed E-state index contributed by atoms with van der Waals surface area (Å²) in [7, 11) is 0. The molecule has 10 heteroatoms. The first kappa shape index (κ1) is 21.5. The number of fused-ring (bicyclic) bond motifs is 1. The molecule has 1 aliphatic heterocycles. The van der Waals surface area contributed by atoms with Crippen molar-refractivity contribution in [2.75, 3.05) is 5.32 Å². The lowest BCUT2D eigenvalue weighted by atomic mass is 10.00. The second-order valence-corrected chi connectivity index (χ2v) is 7.23. The predicted molar refractivity (Wildman–Crippen MR) is 107 cm³/mol. The van der Waals surface area contributed by atoms with Gasteiger partial charge in [0.05, 0.1) is 36.1 Å². The third-order valence-corrected chi connectivity index (χ3v) is 4.97. The normalized spacial score (nSPS) is 13.0. The summed E-state index contributed by atoms with van der Waals surface area (Å²) in [6, 6.07) is 4.24. The molecule has 0 aliphatic carbocycles. The predicted octanol–water partition coefficient (Wildman–Crippen LogP) is 4.94. The number of amides is 1. The molecule has 3 aromatic rings. The van der Waals surface area contributed by atoms with E-state index < -0.39 is 35.7 Å². The molecule has 4 rings (SSSR count). The molecule has 0 saturated carbocycles. The Kier molecular flexibility index (Phi) is 5.45. The molecule has 0 radical (unpaired) electrons. The Morgan fingerprint density at radius 1 is 1.03 bits per heavy atom. The first-order valence-electron chi connectivity index (χ1n) is 9.42. The molecule has 0 atom stereocenters. The van der Waals surface area contributed by atoms with Crippen LogP contribution in [0.25, 0.3) is 11.1 Å². The average Bonchev–Trinajstić information content (AvgIpc) is 3.10. The summed E-state index contributed by atoms with van der Waals surface area (Å²) in [4.78, 5) is 24.1. The van der Waals surface area contributed by atoms with E-state index in [1.807, 2.05) is 0 Å². The van der Waals surface area contributed by atoms with E-state index in [0.717, 1.165) is 35.3 Å². The largest absolute Gasteiger partial charge is 0.417 e. The topological polar surface area (TPSA) is 67.2 Å². The van der Waals surface area contributed by atoms with E-state index in [1.54, 1.807) is 13.0 Å². The number of carbonyl (C=O) groups excluding carboxylic acids is 1. The van der Waals surface area contributed by atoms with Crippen LogP contribution in [0.15, 0.2) is 47.8 Å². The number of alkyl halides is 3. The summed E-state index contributed by atoms with van der Waals surface area (Å²) in [5.74, 6) is -2.41. The minimum atomic E-state index is -4.63. The van der Waals surface area contributed by atoms with Crippen molar-refractivity contribution in [2.24, 2.45) is 4.99 Å². The van der Waals surface area contributed by atoms with Crippen molar-refractivity contribution < 1.29 is 26.7 Å². The summed E-state index contributed by atoms with van der Waals surface area (Å²) in [5, 5.41) is 2.22. The van der Waals surface area contributed by atoms with Gasteiger partial charge in [-0.2, -0.15) is 13.2 Å². The van der Waals surface area contributed by atoms with Gasteiger partial charge in [0.25, 0.3) is 0 Å². The monoisotopic (exact) mass is 446 g/mol. The van der Waals surface area contributed by atoms with E-state index in [-0.39, 0.29) is 16.8 Å². The fourth-order valence-electron chi connectivity index (χ4n) is 3.34. The van der Waals surface area contributed by atoms with Crippen molar-refractivity contribution in [1.29, 1.82) is 0 Å². The highest BCUT2D eigenvalue weighted by Crippen LogP contribution is 2.31. The van der Waals surface area contributed by atoms with Crippen LogP contribution in [0.4, 0.5) is 27.6 Å². The van der Waals surface area contributed by atoms with Crippen LogP contribution >= 0.6 is 0 Å². The zero-order chi connectivity index (χ0) is 23.0. The van der Waals surface area contributed by atoms with Crippen LogP contribution in [-0.4, -0.2) is 21.6 Å². The lowest BCUT2D eigenvalue weighted by Gasteiger charge is -2.11. The van der Waals surface area contributed by atoms with Gasteiger partial charge in [-0.15, -0.1) is 0 Å². The van der Waals surface area contributed by atoms with Gasteiger partial charge in [0.2, 0.25) is 5.91 Å². The molecule has 0 unspecified atom stereocenters. The summed E-state index contributed by atoms with van der Waals surface area (Å²) in [6.07, 6.45) is -2.13. The van der Waals surface area contributed by atoms with Gasteiger partial charge < -0.3 is 5.32 Å². The van der Waals surface area contributed by atoms with Gasteiger partial charge in [-0.1, -0.05) is 0 Å². The second kappa shape index (κ2) is 8.10. The molecule has 0 bridgehead atoms. The highest BCUT2D eigenvalue weighted by atomic mass is 19.4. The Labute approximate surface area is 179 Å². The molecule has 1 aliphatic rings. The maximum Gasteiger partial charge on any atom is 0.417 e. The van der Waals surface area contributed by atoms with Gasteiger partial charge in [0.15, 0.2) is 0 Å². The van der Waals surface area contributed by atoms with Crippen molar-refractivity contribution in [3.63, 3.8) is 0 Å². The van der Waals surface area contributed by atoms with Crippen molar-refractivity contribution >= 4 is 17.3 Å². The zero-order valence-electron chi connectivity index (χ0n) is 16.6. The molecule has 2 aromatic heterocycles. The average molecular weight is 446 g/mol. The number of aliphatic imine (C=N–C) groups is 1. The maximum atomic E-state index is 14.7. The van der Waals surface area contributed by atoms with Crippen molar-refractivity contribution in [2.45, 2.75) is 26.1 Å². The van der Waals surface area contributed by atoms with Crippen molar-refractivity contribution in [3.05, 3.63) is 76.9 Å². The van der Waals surface area contributed by atoms with Crippen LogP contribution in [0.5, 0.6) is 0 Å². The van der Waals surface area contributed by atoms with E-state index in [9.17, 15) is 26.7 Å². The molecule has 0 spiro atoms. The van der Waals surface area contributed by atoms with Gasteiger partial charge in [0, 0.05) is 40.4 Å². The number of nitrogens with zero attached hydrogens (tertiary/aromatic N) is 3. The number of anilines is 1. The van der Waals surface area contributed by atoms with Gasteiger partial charge in [0.1, 0.15) is 11.6 Å². The third-order valence-electron chi connectivity index (χ3n) is 4.97. The summed E-state index contributed by atoms with van der Waals surface area (Å²) in [5.41, 5.74) is 1.13. The summed E-state index contributed by atoms with van der Waals surface area (Å²) < 4.78 is 67.7. The quantitative estimate of drug-likeness (QED) is 0.577. The highest BCUT2D eigenvalue weighted by molar-refractivity contribution is 6.02. The lowest BCUT2D eigenvalue weighted by Crippen LogP contribution is -2.16. The molecule has 3 heterocycles. The third kappa shape index (κ3) is 4.34. The number of nitrogens with one attached hydrogen (secondary N) is 1. The van der Waals surface area contributed by atoms with Crippen molar-refractivity contribution in [1.82, 2.24) is 9.97 Å². The summed E-state index contributed by atoms with van der Waals surface area (Å²) >= 11 is 0. The first-order valence-corrected chi connectivity index (χ1v) is 9.42. The van der Waals surface area contributed by atoms with Crippen LogP contribution < -0.4 is 5.32 Å². The molecule has 5 nitrogen and oxygen atoms in total.